The Labute approximate surface area is 120 Å². The van der Waals surface area contributed by atoms with Crippen LogP contribution in [0.15, 0.2) is 24.3 Å². The molecule has 1 saturated heterocycles. The minimum atomic E-state index is -0.381. The van der Waals surface area contributed by atoms with Crippen LogP contribution in [0.1, 0.15) is 25.0 Å². The van der Waals surface area contributed by atoms with Gasteiger partial charge in [-0.1, -0.05) is 43.7 Å². The van der Waals surface area contributed by atoms with Gasteiger partial charge >= 0.3 is 0 Å². The first kappa shape index (κ1) is 14.6. The Hall–Kier alpha value is -1.84. The van der Waals surface area contributed by atoms with E-state index >= 15 is 0 Å². The Kier molecular flexibility index (Phi) is 4.42. The van der Waals surface area contributed by atoms with Gasteiger partial charge in [-0.25, -0.2) is 0 Å². The van der Waals surface area contributed by atoms with E-state index in [2.05, 4.69) is 30.4 Å². The normalized spacial score (nSPS) is 19.4. The van der Waals surface area contributed by atoms with E-state index in [-0.39, 0.29) is 30.3 Å². The summed E-state index contributed by atoms with van der Waals surface area (Å²) >= 11 is 0. The van der Waals surface area contributed by atoms with Crippen LogP contribution >= 0.6 is 0 Å². The third-order valence-electron chi connectivity index (χ3n) is 3.65. The highest BCUT2D eigenvalue weighted by molar-refractivity contribution is 5.94. The fourth-order valence-electron chi connectivity index (χ4n) is 2.50. The van der Waals surface area contributed by atoms with Gasteiger partial charge in [0.1, 0.15) is 6.04 Å². The molecule has 20 heavy (non-hydrogen) atoms. The lowest BCUT2D eigenvalue weighted by Crippen LogP contribution is -2.60. The number of benzene rings is 1. The molecule has 0 bridgehead atoms. The zero-order valence-electron chi connectivity index (χ0n) is 12.3. The molecule has 1 unspecified atom stereocenters. The number of piperazine rings is 1. The Bertz CT molecular complexity index is 511. The van der Waals surface area contributed by atoms with Crippen LogP contribution < -0.4 is 5.32 Å². The number of nitrogens with one attached hydrogen (secondary N) is 1. The number of aryl methyl sites for hydroxylation is 1. The molecule has 108 valence electrons. The molecule has 4 heteroatoms. The van der Waals surface area contributed by atoms with E-state index in [0.717, 1.165) is 6.42 Å². The summed E-state index contributed by atoms with van der Waals surface area (Å²) in [4.78, 5) is 25.7. The zero-order chi connectivity index (χ0) is 14.7. The van der Waals surface area contributed by atoms with Gasteiger partial charge in [0.25, 0.3) is 0 Å². The van der Waals surface area contributed by atoms with Crippen molar-refractivity contribution in [2.24, 2.45) is 5.92 Å². The molecule has 0 saturated carbocycles. The largest absolute Gasteiger partial charge is 0.343 e. The maximum atomic E-state index is 12.3. The van der Waals surface area contributed by atoms with E-state index in [9.17, 15) is 9.59 Å². The van der Waals surface area contributed by atoms with Crippen molar-refractivity contribution in [3.63, 3.8) is 0 Å². The van der Waals surface area contributed by atoms with Gasteiger partial charge in [-0.05, 0) is 24.8 Å². The summed E-state index contributed by atoms with van der Waals surface area (Å²) in [7, 11) is 0. The van der Waals surface area contributed by atoms with Gasteiger partial charge in [-0.2, -0.15) is 0 Å². The molecule has 0 aliphatic carbocycles. The first-order chi connectivity index (χ1) is 9.47. The van der Waals surface area contributed by atoms with E-state index < -0.39 is 0 Å². The third-order valence-corrected chi connectivity index (χ3v) is 3.65. The van der Waals surface area contributed by atoms with E-state index in [1.54, 1.807) is 4.90 Å². The predicted octanol–water partition coefficient (Wildman–Crippen LogP) is 1.52. The van der Waals surface area contributed by atoms with E-state index in [1.807, 2.05) is 19.9 Å². The topological polar surface area (TPSA) is 49.4 Å². The Morgan fingerprint density at radius 2 is 2.10 bits per heavy atom. The molecule has 1 aliphatic heterocycles. The van der Waals surface area contributed by atoms with Crippen LogP contribution in [0.25, 0.3) is 0 Å². The maximum Gasteiger partial charge on any atom is 0.245 e. The highest BCUT2D eigenvalue weighted by Crippen LogP contribution is 2.12. The smallest absolute Gasteiger partial charge is 0.245 e. The average molecular weight is 274 g/mol. The van der Waals surface area contributed by atoms with Gasteiger partial charge in [0, 0.05) is 6.54 Å². The van der Waals surface area contributed by atoms with Crippen LogP contribution in [0.3, 0.4) is 0 Å². The van der Waals surface area contributed by atoms with Crippen LogP contribution in [0.5, 0.6) is 0 Å². The lowest BCUT2D eigenvalue weighted by Gasteiger charge is -2.34. The second kappa shape index (κ2) is 6.07. The van der Waals surface area contributed by atoms with E-state index in [4.69, 9.17) is 0 Å². The van der Waals surface area contributed by atoms with Crippen molar-refractivity contribution in [2.45, 2.75) is 33.2 Å². The summed E-state index contributed by atoms with van der Waals surface area (Å²) in [5.74, 6) is 0.0908. The fourth-order valence-corrected chi connectivity index (χ4v) is 2.50. The third kappa shape index (κ3) is 3.38. The first-order valence-electron chi connectivity index (χ1n) is 7.11. The minimum absolute atomic E-state index is 0.0345. The monoisotopic (exact) mass is 274 g/mol. The van der Waals surface area contributed by atoms with Crippen LogP contribution in [-0.2, 0) is 16.0 Å². The molecule has 1 atom stereocenters. The molecule has 1 N–H and O–H groups in total. The highest BCUT2D eigenvalue weighted by atomic mass is 16.2. The number of amides is 2. The summed E-state index contributed by atoms with van der Waals surface area (Å²) in [5.41, 5.74) is 2.41. The van der Waals surface area contributed by atoms with Crippen molar-refractivity contribution in [3.8, 4) is 0 Å². The molecule has 0 spiro atoms. The van der Waals surface area contributed by atoms with E-state index in [1.165, 1.54) is 11.1 Å². The van der Waals surface area contributed by atoms with Crippen LogP contribution in [-0.4, -0.2) is 35.8 Å². The van der Waals surface area contributed by atoms with Gasteiger partial charge in [0.05, 0.1) is 6.54 Å². The molecule has 1 aromatic carbocycles. The summed E-state index contributed by atoms with van der Waals surface area (Å²) in [6.07, 6.45) is 0.783. The summed E-state index contributed by atoms with van der Waals surface area (Å²) < 4.78 is 0. The molecule has 2 amide bonds. The molecule has 1 aromatic rings. The molecular weight excluding hydrogens is 252 g/mol. The van der Waals surface area contributed by atoms with Crippen molar-refractivity contribution in [3.05, 3.63) is 35.4 Å². The summed E-state index contributed by atoms with van der Waals surface area (Å²) in [6.45, 7) is 6.73. The zero-order valence-corrected chi connectivity index (χ0v) is 12.3. The van der Waals surface area contributed by atoms with Gasteiger partial charge in [0.15, 0.2) is 0 Å². The van der Waals surface area contributed by atoms with Crippen LogP contribution in [0.4, 0.5) is 0 Å². The van der Waals surface area contributed by atoms with Gasteiger partial charge in [-0.15, -0.1) is 0 Å². The lowest BCUT2D eigenvalue weighted by atomic mass is 10.00. The SMILES string of the molecule is Cc1cccc(CCN2CC(=O)NC(C(C)C)C2=O)c1. The lowest BCUT2D eigenvalue weighted by molar-refractivity contribution is -0.145. The predicted molar refractivity (Wildman–Crippen MR) is 78.2 cm³/mol. The van der Waals surface area contributed by atoms with Crippen molar-refractivity contribution in [1.82, 2.24) is 10.2 Å². The number of carbonyl (C=O) groups is 2. The number of rotatable bonds is 4. The molecule has 1 fully saturated rings. The molecule has 1 heterocycles. The highest BCUT2D eigenvalue weighted by Gasteiger charge is 2.33. The fraction of sp³-hybridized carbons (Fsp3) is 0.500. The van der Waals surface area contributed by atoms with Crippen LogP contribution in [0.2, 0.25) is 0 Å². The number of nitrogens with zero attached hydrogens (tertiary/aromatic N) is 1. The number of hydrogen-bond donors (Lipinski definition) is 1. The average Bonchev–Trinajstić information content (AvgIpc) is 2.39. The van der Waals surface area contributed by atoms with Gasteiger partial charge < -0.3 is 10.2 Å². The Morgan fingerprint density at radius 1 is 1.35 bits per heavy atom. The van der Waals surface area contributed by atoms with Crippen molar-refractivity contribution in [2.75, 3.05) is 13.1 Å². The first-order valence-corrected chi connectivity index (χ1v) is 7.11. The van der Waals surface area contributed by atoms with Gasteiger partial charge in [-0.3, -0.25) is 9.59 Å². The summed E-state index contributed by atoms with van der Waals surface area (Å²) in [6, 6.07) is 7.87. The van der Waals surface area contributed by atoms with Crippen molar-refractivity contribution >= 4 is 11.8 Å². The van der Waals surface area contributed by atoms with Crippen LogP contribution in [0, 0.1) is 12.8 Å². The molecule has 2 rings (SSSR count). The maximum absolute atomic E-state index is 12.3. The Morgan fingerprint density at radius 3 is 2.75 bits per heavy atom. The molecule has 0 radical (unpaired) electrons. The number of carbonyl (C=O) groups excluding carboxylic acids is 2. The molecule has 1 aliphatic rings. The minimum Gasteiger partial charge on any atom is -0.343 e. The van der Waals surface area contributed by atoms with Crippen molar-refractivity contribution in [1.29, 1.82) is 0 Å². The summed E-state index contributed by atoms with van der Waals surface area (Å²) in [5, 5.41) is 2.77. The standard InChI is InChI=1S/C16H22N2O2/c1-11(2)15-16(20)18(10-14(19)17-15)8-7-13-6-4-5-12(3)9-13/h4-6,9,11,15H,7-8,10H2,1-3H3,(H,17,19). The second-order valence-electron chi connectivity index (χ2n) is 5.79. The second-order valence-corrected chi connectivity index (χ2v) is 5.79. The molecule has 0 aromatic heterocycles. The van der Waals surface area contributed by atoms with Crippen molar-refractivity contribution < 1.29 is 9.59 Å². The molecule has 4 nitrogen and oxygen atoms in total. The molecular formula is C16H22N2O2. The Balaban J connectivity index is 2.01. The quantitative estimate of drug-likeness (QED) is 0.905. The number of hydrogen-bond acceptors (Lipinski definition) is 2. The van der Waals surface area contributed by atoms with Gasteiger partial charge in [0.2, 0.25) is 11.8 Å². The van der Waals surface area contributed by atoms with E-state index in [0.29, 0.717) is 6.54 Å².